The van der Waals surface area contributed by atoms with E-state index in [9.17, 15) is 4.79 Å². The molecule has 0 aliphatic carbocycles. The molecule has 1 aromatic carbocycles. The average molecular weight is 192 g/mol. The summed E-state index contributed by atoms with van der Waals surface area (Å²) in [6, 6.07) is 6.54. The fourth-order valence-electron chi connectivity index (χ4n) is 0.661. The van der Waals surface area contributed by atoms with E-state index in [-0.39, 0.29) is 12.4 Å². The number of carbonyl (C=O) groups is 1. The fraction of sp³-hybridized carbons (Fsp3) is 0. The van der Waals surface area contributed by atoms with Crippen LogP contribution in [0.5, 0.6) is 0 Å². The third-order valence-electron chi connectivity index (χ3n) is 1.11. The van der Waals surface area contributed by atoms with Crippen molar-refractivity contribution in [1.82, 2.24) is 0 Å². The number of rotatable bonds is 1. The Labute approximate surface area is 75.8 Å². The van der Waals surface area contributed by atoms with Crippen LogP contribution in [0.2, 0.25) is 0 Å². The number of carbonyl (C=O) groups excluding carboxylic acids is 1. The number of halogens is 2. The van der Waals surface area contributed by atoms with Gasteiger partial charge in [-0.15, -0.1) is 12.4 Å². The maximum atomic E-state index is 10.5. The summed E-state index contributed by atoms with van der Waals surface area (Å²) in [5.74, 6) is 0. The van der Waals surface area contributed by atoms with Crippen molar-refractivity contribution in [2.24, 2.45) is 0 Å². The zero-order valence-corrected chi connectivity index (χ0v) is 7.15. The number of hydrogen-bond acceptors (Lipinski definition) is 2. The molecule has 0 spiro atoms. The van der Waals surface area contributed by atoms with E-state index in [4.69, 9.17) is 17.3 Å². The number of anilines is 1. The van der Waals surface area contributed by atoms with Crippen molar-refractivity contribution in [3.63, 3.8) is 0 Å². The molecule has 0 saturated carbocycles. The van der Waals surface area contributed by atoms with E-state index < -0.39 is 5.24 Å². The Morgan fingerprint density at radius 2 is 2.09 bits per heavy atom. The van der Waals surface area contributed by atoms with Crippen LogP contribution in [0.4, 0.5) is 5.69 Å². The molecule has 2 N–H and O–H groups in total. The molecule has 2 nitrogen and oxygen atoms in total. The first-order valence-corrected chi connectivity index (χ1v) is 3.13. The van der Waals surface area contributed by atoms with Crippen molar-refractivity contribution in [1.29, 1.82) is 0 Å². The molecule has 0 atom stereocenters. The SMILES string of the molecule is Cl.Nc1cccc(C(=O)Cl)c1. The topological polar surface area (TPSA) is 43.1 Å². The van der Waals surface area contributed by atoms with Crippen LogP contribution in [0, 0.1) is 0 Å². The van der Waals surface area contributed by atoms with Gasteiger partial charge in [0.05, 0.1) is 0 Å². The molecular weight excluding hydrogens is 185 g/mol. The van der Waals surface area contributed by atoms with Gasteiger partial charge in [-0.25, -0.2) is 0 Å². The lowest BCUT2D eigenvalue weighted by Gasteiger charge is -1.93. The molecule has 0 amide bonds. The second-order valence-electron chi connectivity index (χ2n) is 1.90. The Balaban J connectivity index is 0.000001000. The highest BCUT2D eigenvalue weighted by molar-refractivity contribution is 6.67. The molecule has 1 aromatic rings. The van der Waals surface area contributed by atoms with Crippen LogP contribution in [0.1, 0.15) is 10.4 Å². The molecule has 0 aliphatic rings. The van der Waals surface area contributed by atoms with Crippen molar-refractivity contribution in [3.05, 3.63) is 29.8 Å². The van der Waals surface area contributed by atoms with Gasteiger partial charge in [-0.2, -0.15) is 0 Å². The van der Waals surface area contributed by atoms with Gasteiger partial charge in [-0.05, 0) is 29.8 Å². The maximum absolute atomic E-state index is 10.5. The minimum atomic E-state index is -0.479. The van der Waals surface area contributed by atoms with Crippen LogP contribution in [-0.4, -0.2) is 5.24 Å². The van der Waals surface area contributed by atoms with Crippen molar-refractivity contribution in [2.75, 3.05) is 5.73 Å². The zero-order chi connectivity index (χ0) is 7.56. The summed E-state index contributed by atoms with van der Waals surface area (Å²) in [6.45, 7) is 0. The lowest BCUT2D eigenvalue weighted by atomic mass is 10.2. The lowest BCUT2D eigenvalue weighted by molar-refractivity contribution is 0.108. The molecular formula is C7H7Cl2NO. The van der Waals surface area contributed by atoms with E-state index in [2.05, 4.69) is 0 Å². The van der Waals surface area contributed by atoms with E-state index in [0.717, 1.165) is 0 Å². The van der Waals surface area contributed by atoms with Crippen LogP contribution in [0.3, 0.4) is 0 Å². The lowest BCUT2D eigenvalue weighted by Crippen LogP contribution is -1.90. The van der Waals surface area contributed by atoms with E-state index in [1.165, 1.54) is 6.07 Å². The molecule has 11 heavy (non-hydrogen) atoms. The monoisotopic (exact) mass is 191 g/mol. The molecule has 1 rings (SSSR count). The highest BCUT2D eigenvalue weighted by Gasteiger charge is 1.98. The standard InChI is InChI=1S/C7H6ClNO.ClH/c8-7(10)5-2-1-3-6(9)4-5;/h1-4H,9H2;1H. The number of hydrogen-bond donors (Lipinski definition) is 1. The van der Waals surface area contributed by atoms with Gasteiger partial charge in [0.2, 0.25) is 0 Å². The molecule has 0 fully saturated rings. The van der Waals surface area contributed by atoms with E-state index in [1.807, 2.05) is 0 Å². The van der Waals surface area contributed by atoms with Gasteiger partial charge in [0.25, 0.3) is 5.24 Å². The molecule has 0 saturated heterocycles. The van der Waals surface area contributed by atoms with E-state index >= 15 is 0 Å². The van der Waals surface area contributed by atoms with Crippen LogP contribution in [-0.2, 0) is 0 Å². The minimum Gasteiger partial charge on any atom is -0.399 e. The Kier molecular flexibility index (Phi) is 3.93. The Morgan fingerprint density at radius 3 is 2.45 bits per heavy atom. The summed E-state index contributed by atoms with van der Waals surface area (Å²) in [7, 11) is 0. The predicted octanol–water partition coefficient (Wildman–Crippen LogP) is 2.07. The first kappa shape index (κ1) is 10.3. The number of benzene rings is 1. The maximum Gasteiger partial charge on any atom is 0.252 e. The van der Waals surface area contributed by atoms with Crippen LogP contribution < -0.4 is 5.73 Å². The van der Waals surface area contributed by atoms with Gasteiger partial charge in [0.1, 0.15) is 0 Å². The highest BCUT2D eigenvalue weighted by Crippen LogP contribution is 2.08. The summed E-state index contributed by atoms with van der Waals surface area (Å²) in [5.41, 5.74) is 6.37. The van der Waals surface area contributed by atoms with Gasteiger partial charge in [-0.1, -0.05) is 6.07 Å². The average Bonchev–Trinajstić information content (AvgIpc) is 1.88. The van der Waals surface area contributed by atoms with Gasteiger partial charge in [0.15, 0.2) is 0 Å². The summed E-state index contributed by atoms with van der Waals surface area (Å²) < 4.78 is 0. The smallest absolute Gasteiger partial charge is 0.252 e. The third-order valence-corrected chi connectivity index (χ3v) is 1.33. The summed E-state index contributed by atoms with van der Waals surface area (Å²) in [5, 5.41) is -0.479. The minimum absolute atomic E-state index is 0. The third kappa shape index (κ3) is 2.78. The molecule has 0 aliphatic heterocycles. The summed E-state index contributed by atoms with van der Waals surface area (Å²) >= 11 is 5.18. The zero-order valence-electron chi connectivity index (χ0n) is 5.58. The predicted molar refractivity (Wildman–Crippen MR) is 48.3 cm³/mol. The van der Waals surface area contributed by atoms with Crippen LogP contribution in [0.15, 0.2) is 24.3 Å². The Bertz CT molecular complexity index is 262. The summed E-state index contributed by atoms with van der Waals surface area (Å²) in [6.07, 6.45) is 0. The highest BCUT2D eigenvalue weighted by atomic mass is 35.5. The molecule has 4 heteroatoms. The van der Waals surface area contributed by atoms with E-state index in [1.54, 1.807) is 18.2 Å². The molecule has 0 bridgehead atoms. The Hall–Kier alpha value is -0.730. The van der Waals surface area contributed by atoms with Gasteiger partial charge < -0.3 is 5.73 Å². The first-order valence-electron chi connectivity index (χ1n) is 2.75. The second-order valence-corrected chi connectivity index (χ2v) is 2.24. The number of nitrogen functional groups attached to an aromatic ring is 1. The van der Waals surface area contributed by atoms with Crippen molar-refractivity contribution in [3.8, 4) is 0 Å². The van der Waals surface area contributed by atoms with E-state index in [0.29, 0.717) is 11.3 Å². The molecule has 0 radical (unpaired) electrons. The molecule has 0 heterocycles. The second kappa shape index (κ2) is 4.21. The fourth-order valence-corrected chi connectivity index (χ4v) is 0.778. The van der Waals surface area contributed by atoms with Crippen LogP contribution in [0.25, 0.3) is 0 Å². The van der Waals surface area contributed by atoms with Crippen LogP contribution >= 0.6 is 24.0 Å². The largest absolute Gasteiger partial charge is 0.399 e. The molecule has 60 valence electrons. The first-order chi connectivity index (χ1) is 4.70. The Morgan fingerprint density at radius 1 is 1.45 bits per heavy atom. The quantitative estimate of drug-likeness (QED) is 0.546. The number of nitrogens with two attached hydrogens (primary N) is 1. The summed E-state index contributed by atoms with van der Waals surface area (Å²) in [4.78, 5) is 10.5. The van der Waals surface area contributed by atoms with Gasteiger partial charge in [-0.3, -0.25) is 4.79 Å². The molecule has 0 unspecified atom stereocenters. The van der Waals surface area contributed by atoms with Crippen molar-refractivity contribution >= 4 is 34.9 Å². The molecule has 0 aromatic heterocycles. The van der Waals surface area contributed by atoms with Crippen molar-refractivity contribution in [2.45, 2.75) is 0 Å². The van der Waals surface area contributed by atoms with Crippen molar-refractivity contribution < 1.29 is 4.79 Å². The van der Waals surface area contributed by atoms with Gasteiger partial charge in [0, 0.05) is 11.3 Å². The normalized spacial score (nSPS) is 8.45. The van der Waals surface area contributed by atoms with Gasteiger partial charge >= 0.3 is 0 Å².